The molecule has 3 aromatic rings. The van der Waals surface area contributed by atoms with Crippen LogP contribution in [0.3, 0.4) is 0 Å². The van der Waals surface area contributed by atoms with Crippen molar-refractivity contribution in [2.75, 3.05) is 0 Å². The number of carbonyl (C=O) groups excluding carboxylic acids is 1. The first-order valence-electron chi connectivity index (χ1n) is 8.59. The van der Waals surface area contributed by atoms with Gasteiger partial charge in [-0.15, -0.1) is 0 Å². The fourth-order valence-corrected chi connectivity index (χ4v) is 3.56. The lowest BCUT2D eigenvalue weighted by molar-refractivity contribution is -0.143. The highest BCUT2D eigenvalue weighted by atomic mass is 19.4. The number of halogens is 5. The molecule has 0 radical (unpaired) electrons. The van der Waals surface area contributed by atoms with Crippen LogP contribution in [0, 0.1) is 11.6 Å². The van der Waals surface area contributed by atoms with E-state index in [-0.39, 0.29) is 5.69 Å². The summed E-state index contributed by atoms with van der Waals surface area (Å²) in [6, 6.07) is 2.77. The van der Waals surface area contributed by atoms with E-state index < -0.39 is 41.1 Å². The fraction of sp³-hybridized carbons (Fsp3) is 0.278. The molecule has 29 heavy (non-hydrogen) atoms. The molecule has 1 aliphatic carbocycles. The fourth-order valence-electron chi connectivity index (χ4n) is 3.56. The first-order chi connectivity index (χ1) is 13.7. The van der Waals surface area contributed by atoms with Crippen molar-refractivity contribution in [2.45, 2.75) is 25.1 Å². The third-order valence-corrected chi connectivity index (χ3v) is 4.82. The number of fused-ring (bicyclic) bond motifs is 1. The Hall–Kier alpha value is -3.24. The Labute approximate surface area is 161 Å². The molecule has 152 valence electrons. The van der Waals surface area contributed by atoms with E-state index >= 15 is 0 Å². The molecule has 0 fully saturated rings. The number of amides is 1. The molecule has 0 saturated carbocycles. The van der Waals surface area contributed by atoms with Crippen molar-refractivity contribution in [1.82, 2.24) is 24.6 Å². The van der Waals surface area contributed by atoms with Crippen LogP contribution in [0.2, 0.25) is 0 Å². The molecule has 0 spiro atoms. The largest absolute Gasteiger partial charge is 0.433 e. The molecule has 2 aromatic heterocycles. The number of aryl methyl sites for hydroxylation is 1. The van der Waals surface area contributed by atoms with E-state index in [1.54, 1.807) is 0 Å². The van der Waals surface area contributed by atoms with Gasteiger partial charge in [0.2, 0.25) is 0 Å². The van der Waals surface area contributed by atoms with Crippen LogP contribution in [0.5, 0.6) is 0 Å². The van der Waals surface area contributed by atoms with Gasteiger partial charge in [0.1, 0.15) is 5.69 Å². The van der Waals surface area contributed by atoms with Crippen molar-refractivity contribution in [3.05, 3.63) is 65.0 Å². The third-order valence-electron chi connectivity index (χ3n) is 4.82. The summed E-state index contributed by atoms with van der Waals surface area (Å²) in [5, 5.41) is 6.52. The minimum Gasteiger partial charge on any atom is -0.344 e. The predicted molar refractivity (Wildman–Crippen MR) is 90.2 cm³/mol. The minimum absolute atomic E-state index is 0.336. The molecule has 1 unspecified atom stereocenters. The summed E-state index contributed by atoms with van der Waals surface area (Å²) in [7, 11) is 1.15. The van der Waals surface area contributed by atoms with Crippen LogP contribution in [-0.4, -0.2) is 25.2 Å². The Balaban J connectivity index is 1.63. The molecule has 0 bridgehead atoms. The zero-order valence-corrected chi connectivity index (χ0v) is 15.0. The number of imidazole rings is 1. The van der Waals surface area contributed by atoms with Gasteiger partial charge < -0.3 is 9.88 Å². The van der Waals surface area contributed by atoms with Crippen LogP contribution < -0.4 is 5.32 Å². The van der Waals surface area contributed by atoms with E-state index in [9.17, 15) is 26.7 Å². The number of para-hydroxylation sites is 1. The maximum absolute atomic E-state index is 14.1. The zero-order chi connectivity index (χ0) is 20.9. The summed E-state index contributed by atoms with van der Waals surface area (Å²) in [6.07, 6.45) is -1.79. The summed E-state index contributed by atoms with van der Waals surface area (Å²) in [5.74, 6) is -2.58. The Bertz CT molecular complexity index is 1080. The van der Waals surface area contributed by atoms with E-state index in [1.165, 1.54) is 12.3 Å². The molecule has 1 aromatic carbocycles. The molecular weight excluding hydrogens is 397 g/mol. The Morgan fingerprint density at radius 3 is 2.59 bits per heavy atom. The average molecular weight is 411 g/mol. The number of hydrogen-bond acceptors (Lipinski definition) is 3. The number of hydrogen-bond donors (Lipinski definition) is 1. The van der Waals surface area contributed by atoms with E-state index in [4.69, 9.17) is 0 Å². The molecule has 1 amide bonds. The van der Waals surface area contributed by atoms with Crippen molar-refractivity contribution < 1.29 is 26.7 Å². The highest BCUT2D eigenvalue weighted by molar-refractivity contribution is 5.94. The van der Waals surface area contributed by atoms with Gasteiger partial charge >= 0.3 is 6.18 Å². The summed E-state index contributed by atoms with van der Waals surface area (Å²) >= 11 is 0. The van der Waals surface area contributed by atoms with Gasteiger partial charge in [-0.25, -0.2) is 18.4 Å². The molecule has 11 heteroatoms. The number of nitrogens with one attached hydrogen (secondary N) is 1. The number of alkyl halides is 3. The topological polar surface area (TPSA) is 64.7 Å². The molecular formula is C18H14F5N5O. The standard InChI is InChI=1S/C18H14F5N5O/c1-27-8-24-14(16(27)18(21,22)23)17(29)26-12-5-6-13-9(12)7-25-28(13)15-10(19)3-2-4-11(15)20/h2-4,7-8,12H,5-6H2,1H3,(H,26,29). The summed E-state index contributed by atoms with van der Waals surface area (Å²) < 4.78 is 69.6. The summed E-state index contributed by atoms with van der Waals surface area (Å²) in [6.45, 7) is 0. The van der Waals surface area contributed by atoms with Gasteiger partial charge in [0.05, 0.1) is 18.6 Å². The van der Waals surface area contributed by atoms with Crippen molar-refractivity contribution in [2.24, 2.45) is 7.05 Å². The Kier molecular flexibility index (Phi) is 4.39. The van der Waals surface area contributed by atoms with E-state index in [1.807, 2.05) is 0 Å². The highest BCUT2D eigenvalue weighted by Gasteiger charge is 2.40. The van der Waals surface area contributed by atoms with E-state index in [2.05, 4.69) is 15.4 Å². The minimum atomic E-state index is -4.74. The van der Waals surface area contributed by atoms with Gasteiger partial charge in [-0.05, 0) is 25.0 Å². The maximum atomic E-state index is 14.1. The lowest BCUT2D eigenvalue weighted by Gasteiger charge is -2.13. The number of aromatic nitrogens is 4. The van der Waals surface area contributed by atoms with Gasteiger partial charge in [-0.1, -0.05) is 6.07 Å². The van der Waals surface area contributed by atoms with E-state index in [0.29, 0.717) is 24.1 Å². The lowest BCUT2D eigenvalue weighted by atomic mass is 10.1. The van der Waals surface area contributed by atoms with Crippen molar-refractivity contribution >= 4 is 5.91 Å². The van der Waals surface area contributed by atoms with Crippen LogP contribution in [0.25, 0.3) is 5.69 Å². The van der Waals surface area contributed by atoms with Crippen LogP contribution in [0.4, 0.5) is 22.0 Å². The van der Waals surface area contributed by atoms with Crippen LogP contribution in [0.15, 0.2) is 30.7 Å². The molecule has 1 N–H and O–H groups in total. The Morgan fingerprint density at radius 2 is 1.93 bits per heavy atom. The second-order valence-electron chi connectivity index (χ2n) is 6.64. The van der Waals surface area contributed by atoms with E-state index in [0.717, 1.165) is 34.8 Å². The molecule has 0 aliphatic heterocycles. The second kappa shape index (κ2) is 6.68. The lowest BCUT2D eigenvalue weighted by Crippen LogP contribution is -2.29. The molecule has 4 rings (SSSR count). The molecule has 1 atom stereocenters. The van der Waals surface area contributed by atoms with Gasteiger partial charge in [0.15, 0.2) is 23.0 Å². The number of benzene rings is 1. The quantitative estimate of drug-likeness (QED) is 0.673. The number of carbonyl (C=O) groups is 1. The van der Waals surface area contributed by atoms with Crippen LogP contribution in [0.1, 0.15) is 39.9 Å². The summed E-state index contributed by atoms with van der Waals surface area (Å²) in [4.78, 5) is 16.0. The first-order valence-corrected chi connectivity index (χ1v) is 8.59. The molecule has 2 heterocycles. The summed E-state index contributed by atoms with van der Waals surface area (Å²) in [5.41, 5.74) is -1.26. The molecule has 6 nitrogen and oxygen atoms in total. The predicted octanol–water partition coefficient (Wildman–Crippen LogP) is 3.32. The first kappa shape index (κ1) is 19.1. The molecule has 1 aliphatic rings. The van der Waals surface area contributed by atoms with Gasteiger partial charge in [-0.3, -0.25) is 4.79 Å². The zero-order valence-electron chi connectivity index (χ0n) is 15.0. The Morgan fingerprint density at radius 1 is 1.24 bits per heavy atom. The van der Waals surface area contributed by atoms with Crippen LogP contribution in [-0.2, 0) is 19.6 Å². The van der Waals surface area contributed by atoms with Crippen molar-refractivity contribution in [1.29, 1.82) is 0 Å². The highest BCUT2D eigenvalue weighted by Crippen LogP contribution is 2.35. The molecule has 0 saturated heterocycles. The second-order valence-corrected chi connectivity index (χ2v) is 6.64. The van der Waals surface area contributed by atoms with Crippen molar-refractivity contribution in [3.63, 3.8) is 0 Å². The van der Waals surface area contributed by atoms with Crippen LogP contribution >= 0.6 is 0 Å². The van der Waals surface area contributed by atoms with Gasteiger partial charge in [0, 0.05) is 18.3 Å². The number of nitrogens with zero attached hydrogens (tertiary/aromatic N) is 4. The third kappa shape index (κ3) is 3.15. The normalized spacial score (nSPS) is 16.1. The SMILES string of the molecule is Cn1cnc(C(=O)NC2CCc3c2cnn3-c2c(F)cccc2F)c1C(F)(F)F. The smallest absolute Gasteiger partial charge is 0.344 e. The average Bonchev–Trinajstić information content (AvgIpc) is 3.31. The van der Waals surface area contributed by atoms with Gasteiger partial charge in [-0.2, -0.15) is 18.3 Å². The monoisotopic (exact) mass is 411 g/mol. The maximum Gasteiger partial charge on any atom is 0.433 e. The van der Waals surface area contributed by atoms with Gasteiger partial charge in [0.25, 0.3) is 5.91 Å². The van der Waals surface area contributed by atoms with Crippen molar-refractivity contribution in [3.8, 4) is 5.69 Å². The number of rotatable bonds is 3.